The molecule has 1 rings (SSSR count). The molecule has 1 aromatic heterocycles. The number of carboxylic acids is 1. The number of hydrogen-bond donors (Lipinski definition) is 2. The number of aliphatic carboxylic acids is 1. The molecule has 1 heterocycles. The van der Waals surface area contributed by atoms with Crippen molar-refractivity contribution < 1.29 is 14.7 Å². The van der Waals surface area contributed by atoms with Gasteiger partial charge in [-0.05, 0) is 6.92 Å². The number of amides is 1. The Morgan fingerprint density at radius 2 is 2.43 bits per heavy atom. The molecule has 14 heavy (non-hydrogen) atoms. The Kier molecular flexibility index (Phi) is 3.58. The van der Waals surface area contributed by atoms with Crippen LogP contribution in [-0.2, 0) is 16.1 Å². The maximum atomic E-state index is 11.2. The molecule has 0 radical (unpaired) electrons. The first-order valence-corrected chi connectivity index (χ1v) is 4.87. The fraction of sp³-hybridized carbons (Fsp3) is 0.375. The largest absolute Gasteiger partial charge is 0.481 e. The summed E-state index contributed by atoms with van der Waals surface area (Å²) in [6.07, 6.45) is 1.64. The van der Waals surface area contributed by atoms with Crippen LogP contribution >= 0.6 is 11.3 Å². The van der Waals surface area contributed by atoms with Gasteiger partial charge in [0.25, 0.3) is 0 Å². The van der Waals surface area contributed by atoms with E-state index in [1.54, 1.807) is 11.7 Å². The number of carbonyl (C=O) groups is 2. The zero-order valence-electron chi connectivity index (χ0n) is 7.56. The summed E-state index contributed by atoms with van der Waals surface area (Å²) in [4.78, 5) is 26.3. The maximum Gasteiger partial charge on any atom is 0.315 e. The Bertz CT molecular complexity index is 323. The second kappa shape index (κ2) is 4.71. The average Bonchev–Trinajstić information content (AvgIpc) is 2.65. The van der Waals surface area contributed by atoms with E-state index in [1.807, 2.05) is 0 Å². The van der Waals surface area contributed by atoms with Gasteiger partial charge in [-0.3, -0.25) is 14.6 Å². The van der Waals surface area contributed by atoms with Gasteiger partial charge in [0.15, 0.2) is 0 Å². The molecule has 0 aromatic carbocycles. The van der Waals surface area contributed by atoms with Crippen LogP contribution in [0.3, 0.4) is 0 Å². The summed E-state index contributed by atoms with van der Waals surface area (Å²) in [5, 5.41) is 11.1. The van der Waals surface area contributed by atoms with Gasteiger partial charge in [-0.1, -0.05) is 0 Å². The van der Waals surface area contributed by atoms with E-state index in [1.165, 1.54) is 18.3 Å². The zero-order valence-corrected chi connectivity index (χ0v) is 8.37. The molecular formula is C8H10N2O3S. The summed E-state index contributed by atoms with van der Waals surface area (Å²) in [7, 11) is 0. The third kappa shape index (κ3) is 2.81. The number of rotatable bonds is 4. The van der Waals surface area contributed by atoms with Gasteiger partial charge in [0.1, 0.15) is 5.92 Å². The van der Waals surface area contributed by atoms with Crippen molar-refractivity contribution >= 4 is 23.2 Å². The minimum atomic E-state index is -1.12. The quantitative estimate of drug-likeness (QED) is 0.714. The second-order valence-electron chi connectivity index (χ2n) is 2.75. The van der Waals surface area contributed by atoms with Crippen LogP contribution in [0, 0.1) is 5.92 Å². The number of nitrogens with zero attached hydrogens (tertiary/aromatic N) is 1. The second-order valence-corrected chi connectivity index (χ2v) is 3.72. The smallest absolute Gasteiger partial charge is 0.315 e. The van der Waals surface area contributed by atoms with Crippen LogP contribution in [0.1, 0.15) is 11.8 Å². The highest BCUT2D eigenvalue weighted by atomic mass is 32.1. The number of aromatic nitrogens is 1. The average molecular weight is 214 g/mol. The van der Waals surface area contributed by atoms with Gasteiger partial charge in [-0.15, -0.1) is 11.3 Å². The first-order valence-electron chi connectivity index (χ1n) is 3.99. The van der Waals surface area contributed by atoms with E-state index in [-0.39, 0.29) is 0 Å². The Labute approximate surface area is 84.8 Å². The van der Waals surface area contributed by atoms with Crippen molar-refractivity contribution in [3.63, 3.8) is 0 Å². The Hall–Kier alpha value is -1.43. The van der Waals surface area contributed by atoms with Gasteiger partial charge in [-0.25, -0.2) is 0 Å². The number of nitrogens with one attached hydrogen (secondary N) is 1. The molecule has 1 unspecified atom stereocenters. The van der Waals surface area contributed by atoms with Crippen LogP contribution in [0.5, 0.6) is 0 Å². The molecule has 0 spiro atoms. The Balaban J connectivity index is 2.39. The number of thiazole rings is 1. The predicted octanol–water partition coefficient (Wildman–Crippen LogP) is 0.480. The SMILES string of the molecule is CC(C(=O)O)C(=O)NCc1cncs1. The van der Waals surface area contributed by atoms with Gasteiger partial charge < -0.3 is 10.4 Å². The topological polar surface area (TPSA) is 79.3 Å². The van der Waals surface area contributed by atoms with E-state index in [4.69, 9.17) is 5.11 Å². The van der Waals surface area contributed by atoms with E-state index in [9.17, 15) is 9.59 Å². The lowest BCUT2D eigenvalue weighted by Crippen LogP contribution is -2.32. The Morgan fingerprint density at radius 3 is 2.93 bits per heavy atom. The number of carbonyl (C=O) groups excluding carboxylic acids is 1. The molecule has 0 bridgehead atoms. The molecule has 0 aliphatic rings. The van der Waals surface area contributed by atoms with Crippen molar-refractivity contribution in [2.24, 2.45) is 5.92 Å². The van der Waals surface area contributed by atoms with Gasteiger partial charge in [0.2, 0.25) is 5.91 Å². The van der Waals surface area contributed by atoms with Crippen molar-refractivity contribution in [2.75, 3.05) is 0 Å². The summed E-state index contributed by atoms with van der Waals surface area (Å²) in [5.41, 5.74) is 1.65. The summed E-state index contributed by atoms with van der Waals surface area (Å²) in [6.45, 7) is 1.69. The van der Waals surface area contributed by atoms with Crippen LogP contribution in [0.25, 0.3) is 0 Å². The molecule has 1 aromatic rings. The highest BCUT2D eigenvalue weighted by Crippen LogP contribution is 2.05. The molecule has 0 saturated carbocycles. The maximum absolute atomic E-state index is 11.2. The minimum Gasteiger partial charge on any atom is -0.481 e. The molecule has 0 aliphatic heterocycles. The molecule has 1 atom stereocenters. The van der Waals surface area contributed by atoms with Crippen LogP contribution in [-0.4, -0.2) is 22.0 Å². The zero-order chi connectivity index (χ0) is 10.6. The van der Waals surface area contributed by atoms with E-state index < -0.39 is 17.8 Å². The molecule has 0 fully saturated rings. The third-order valence-corrected chi connectivity index (χ3v) is 2.46. The fourth-order valence-corrected chi connectivity index (χ4v) is 1.30. The first kappa shape index (κ1) is 10.6. The summed E-state index contributed by atoms with van der Waals surface area (Å²) in [5.74, 6) is -2.61. The van der Waals surface area contributed by atoms with E-state index >= 15 is 0 Å². The van der Waals surface area contributed by atoms with Crippen LogP contribution < -0.4 is 5.32 Å². The molecule has 76 valence electrons. The lowest BCUT2D eigenvalue weighted by atomic mass is 10.2. The minimum absolute atomic E-state index is 0.334. The monoisotopic (exact) mass is 214 g/mol. The fourth-order valence-electron chi connectivity index (χ4n) is 0.769. The van der Waals surface area contributed by atoms with Gasteiger partial charge in [0, 0.05) is 11.1 Å². The molecule has 5 nitrogen and oxygen atoms in total. The molecule has 6 heteroatoms. The van der Waals surface area contributed by atoms with E-state index in [0.717, 1.165) is 4.88 Å². The highest BCUT2D eigenvalue weighted by Gasteiger charge is 2.19. The highest BCUT2D eigenvalue weighted by molar-refractivity contribution is 7.09. The lowest BCUT2D eigenvalue weighted by Gasteiger charge is -2.06. The van der Waals surface area contributed by atoms with E-state index in [0.29, 0.717) is 6.54 Å². The normalized spacial score (nSPS) is 12.1. The molecule has 0 saturated heterocycles. The summed E-state index contributed by atoms with van der Waals surface area (Å²) in [6, 6.07) is 0. The summed E-state index contributed by atoms with van der Waals surface area (Å²) >= 11 is 1.41. The van der Waals surface area contributed by atoms with Gasteiger partial charge in [-0.2, -0.15) is 0 Å². The van der Waals surface area contributed by atoms with Crippen LogP contribution in [0.4, 0.5) is 0 Å². The third-order valence-electron chi connectivity index (χ3n) is 1.68. The number of hydrogen-bond acceptors (Lipinski definition) is 4. The lowest BCUT2D eigenvalue weighted by molar-refractivity contribution is -0.146. The molecule has 0 aliphatic carbocycles. The number of carboxylic acid groups (broad SMARTS) is 1. The van der Waals surface area contributed by atoms with E-state index in [2.05, 4.69) is 10.3 Å². The van der Waals surface area contributed by atoms with Crippen molar-refractivity contribution in [2.45, 2.75) is 13.5 Å². The molecule has 1 amide bonds. The first-order chi connectivity index (χ1) is 6.61. The van der Waals surface area contributed by atoms with Crippen molar-refractivity contribution in [3.8, 4) is 0 Å². The molecule has 2 N–H and O–H groups in total. The van der Waals surface area contributed by atoms with Crippen molar-refractivity contribution in [1.82, 2.24) is 10.3 Å². The van der Waals surface area contributed by atoms with Crippen molar-refractivity contribution in [3.05, 3.63) is 16.6 Å². The molecular weight excluding hydrogens is 204 g/mol. The van der Waals surface area contributed by atoms with Crippen LogP contribution in [0.2, 0.25) is 0 Å². The predicted molar refractivity (Wildman–Crippen MR) is 50.8 cm³/mol. The van der Waals surface area contributed by atoms with Gasteiger partial charge >= 0.3 is 5.97 Å². The summed E-state index contributed by atoms with van der Waals surface area (Å²) < 4.78 is 0. The van der Waals surface area contributed by atoms with Crippen LogP contribution in [0.15, 0.2) is 11.7 Å². The Morgan fingerprint density at radius 1 is 1.71 bits per heavy atom. The standard InChI is InChI=1S/C8H10N2O3S/c1-5(8(12)13)7(11)10-3-6-2-9-4-14-6/h2,4-5H,3H2,1H3,(H,10,11)(H,12,13). The van der Waals surface area contributed by atoms with Gasteiger partial charge in [0.05, 0.1) is 12.1 Å². The van der Waals surface area contributed by atoms with Crippen molar-refractivity contribution in [1.29, 1.82) is 0 Å².